The molecule has 3 nitrogen and oxygen atoms in total. The molecule has 0 aliphatic carbocycles. The van der Waals surface area contributed by atoms with Crippen LogP contribution in [-0.4, -0.2) is 16.3 Å². The fourth-order valence-electron chi connectivity index (χ4n) is 1.12. The standard InChI is InChI=1S/C9H17N3/c1-4-6-10-9-5-7-11-12(9)8(2)3/h5,7-8,10H,4,6H2,1-3H3. The van der Waals surface area contributed by atoms with Gasteiger partial charge in [0.05, 0.1) is 6.20 Å². The Morgan fingerprint density at radius 3 is 2.92 bits per heavy atom. The van der Waals surface area contributed by atoms with Crippen LogP contribution in [0, 0.1) is 0 Å². The van der Waals surface area contributed by atoms with E-state index in [0.29, 0.717) is 6.04 Å². The normalized spacial score (nSPS) is 10.7. The summed E-state index contributed by atoms with van der Waals surface area (Å²) in [6.07, 6.45) is 2.97. The monoisotopic (exact) mass is 167 g/mol. The number of rotatable bonds is 4. The van der Waals surface area contributed by atoms with E-state index in [4.69, 9.17) is 0 Å². The smallest absolute Gasteiger partial charge is 0.124 e. The summed E-state index contributed by atoms with van der Waals surface area (Å²) in [4.78, 5) is 0. The summed E-state index contributed by atoms with van der Waals surface area (Å²) in [7, 11) is 0. The van der Waals surface area contributed by atoms with Crippen LogP contribution in [0.1, 0.15) is 33.2 Å². The Bertz CT molecular complexity index is 227. The van der Waals surface area contributed by atoms with Crippen LogP contribution in [0.2, 0.25) is 0 Å². The third-order valence-corrected chi connectivity index (χ3v) is 1.72. The minimum absolute atomic E-state index is 0.430. The SMILES string of the molecule is CCCNc1ccnn1C(C)C. The molecular formula is C9H17N3. The molecule has 0 spiro atoms. The Balaban J connectivity index is 2.64. The highest BCUT2D eigenvalue weighted by atomic mass is 15.3. The summed E-state index contributed by atoms with van der Waals surface area (Å²) in [5.41, 5.74) is 0. The van der Waals surface area contributed by atoms with E-state index in [0.717, 1.165) is 18.8 Å². The van der Waals surface area contributed by atoms with Crippen LogP contribution in [0.5, 0.6) is 0 Å². The van der Waals surface area contributed by atoms with Crippen LogP contribution in [0.4, 0.5) is 5.82 Å². The van der Waals surface area contributed by atoms with Gasteiger partial charge in [0.2, 0.25) is 0 Å². The summed E-state index contributed by atoms with van der Waals surface area (Å²) < 4.78 is 2.00. The lowest BCUT2D eigenvalue weighted by molar-refractivity contribution is 0.537. The maximum Gasteiger partial charge on any atom is 0.124 e. The van der Waals surface area contributed by atoms with Crippen LogP contribution in [0.25, 0.3) is 0 Å². The first kappa shape index (κ1) is 9.10. The molecule has 0 unspecified atom stereocenters. The molecule has 0 saturated heterocycles. The molecule has 1 heterocycles. The van der Waals surface area contributed by atoms with Crippen molar-refractivity contribution in [2.75, 3.05) is 11.9 Å². The number of hydrogen-bond donors (Lipinski definition) is 1. The first-order chi connectivity index (χ1) is 5.75. The molecule has 1 aromatic rings. The molecule has 0 amide bonds. The number of anilines is 1. The molecule has 0 aliphatic heterocycles. The highest BCUT2D eigenvalue weighted by molar-refractivity contribution is 5.33. The zero-order valence-corrected chi connectivity index (χ0v) is 8.04. The minimum Gasteiger partial charge on any atom is -0.370 e. The van der Waals surface area contributed by atoms with Crippen LogP contribution in [0.15, 0.2) is 12.3 Å². The molecule has 0 radical (unpaired) electrons. The van der Waals surface area contributed by atoms with Crippen LogP contribution >= 0.6 is 0 Å². The third kappa shape index (κ3) is 2.00. The number of nitrogens with zero attached hydrogens (tertiary/aromatic N) is 2. The van der Waals surface area contributed by atoms with Gasteiger partial charge >= 0.3 is 0 Å². The van der Waals surface area contributed by atoms with E-state index in [1.165, 1.54) is 0 Å². The molecule has 12 heavy (non-hydrogen) atoms. The fourth-order valence-corrected chi connectivity index (χ4v) is 1.12. The molecule has 0 aliphatic rings. The largest absolute Gasteiger partial charge is 0.370 e. The maximum atomic E-state index is 4.22. The predicted molar refractivity (Wildman–Crippen MR) is 51.4 cm³/mol. The summed E-state index contributed by atoms with van der Waals surface area (Å²) in [6.45, 7) is 7.43. The van der Waals surface area contributed by atoms with Crippen molar-refractivity contribution in [3.8, 4) is 0 Å². The van der Waals surface area contributed by atoms with Crippen molar-refractivity contribution in [1.29, 1.82) is 0 Å². The minimum atomic E-state index is 0.430. The first-order valence-electron chi connectivity index (χ1n) is 4.53. The van der Waals surface area contributed by atoms with Crippen molar-refractivity contribution in [2.45, 2.75) is 33.2 Å². The number of aromatic nitrogens is 2. The molecule has 0 bridgehead atoms. The van der Waals surface area contributed by atoms with E-state index >= 15 is 0 Å². The molecule has 1 aromatic heterocycles. The number of nitrogens with one attached hydrogen (secondary N) is 1. The van der Waals surface area contributed by atoms with Gasteiger partial charge in [0, 0.05) is 18.7 Å². The van der Waals surface area contributed by atoms with Crippen molar-refractivity contribution in [2.24, 2.45) is 0 Å². The van der Waals surface area contributed by atoms with Crippen LogP contribution in [0.3, 0.4) is 0 Å². The lowest BCUT2D eigenvalue weighted by atomic mass is 10.4. The van der Waals surface area contributed by atoms with Gasteiger partial charge in [0.15, 0.2) is 0 Å². The van der Waals surface area contributed by atoms with Gasteiger partial charge in [0.25, 0.3) is 0 Å². The fraction of sp³-hybridized carbons (Fsp3) is 0.667. The quantitative estimate of drug-likeness (QED) is 0.745. The van der Waals surface area contributed by atoms with Gasteiger partial charge in [-0.15, -0.1) is 0 Å². The predicted octanol–water partition coefficient (Wildman–Crippen LogP) is 2.29. The average Bonchev–Trinajstić information content (AvgIpc) is 2.48. The van der Waals surface area contributed by atoms with E-state index < -0.39 is 0 Å². The summed E-state index contributed by atoms with van der Waals surface area (Å²) in [5, 5.41) is 7.55. The molecule has 1 rings (SSSR count). The van der Waals surface area contributed by atoms with Gasteiger partial charge in [0.1, 0.15) is 5.82 Å². The summed E-state index contributed by atoms with van der Waals surface area (Å²) in [5.74, 6) is 1.12. The molecule has 0 aromatic carbocycles. The third-order valence-electron chi connectivity index (χ3n) is 1.72. The van der Waals surface area contributed by atoms with Crippen molar-refractivity contribution in [3.05, 3.63) is 12.3 Å². The van der Waals surface area contributed by atoms with E-state index in [9.17, 15) is 0 Å². The topological polar surface area (TPSA) is 29.9 Å². The van der Waals surface area contributed by atoms with E-state index in [1.807, 2.05) is 16.9 Å². The second-order valence-electron chi connectivity index (χ2n) is 3.18. The van der Waals surface area contributed by atoms with Crippen LogP contribution < -0.4 is 5.32 Å². The zero-order valence-electron chi connectivity index (χ0n) is 8.04. The molecule has 0 atom stereocenters. The molecule has 1 N–H and O–H groups in total. The lowest BCUT2D eigenvalue weighted by Crippen LogP contribution is -2.10. The summed E-state index contributed by atoms with van der Waals surface area (Å²) >= 11 is 0. The van der Waals surface area contributed by atoms with Crippen molar-refractivity contribution >= 4 is 5.82 Å². The average molecular weight is 167 g/mol. The van der Waals surface area contributed by atoms with E-state index in [1.54, 1.807) is 0 Å². The maximum absolute atomic E-state index is 4.22. The van der Waals surface area contributed by atoms with Gasteiger partial charge in [-0.25, -0.2) is 4.68 Å². The highest BCUT2D eigenvalue weighted by Gasteiger charge is 2.03. The second kappa shape index (κ2) is 4.14. The van der Waals surface area contributed by atoms with Crippen molar-refractivity contribution in [1.82, 2.24) is 9.78 Å². The number of hydrogen-bond acceptors (Lipinski definition) is 2. The Hall–Kier alpha value is -0.990. The van der Waals surface area contributed by atoms with E-state index in [-0.39, 0.29) is 0 Å². The highest BCUT2D eigenvalue weighted by Crippen LogP contribution is 2.12. The molecule has 3 heteroatoms. The molecule has 68 valence electrons. The Kier molecular flexibility index (Phi) is 3.14. The zero-order chi connectivity index (χ0) is 8.97. The Morgan fingerprint density at radius 1 is 1.58 bits per heavy atom. The van der Waals surface area contributed by atoms with Gasteiger partial charge in [-0.3, -0.25) is 0 Å². The Morgan fingerprint density at radius 2 is 2.33 bits per heavy atom. The van der Waals surface area contributed by atoms with Crippen LogP contribution in [-0.2, 0) is 0 Å². The van der Waals surface area contributed by atoms with Crippen molar-refractivity contribution < 1.29 is 0 Å². The Labute approximate surface area is 73.8 Å². The van der Waals surface area contributed by atoms with Gasteiger partial charge in [-0.2, -0.15) is 5.10 Å². The molecule has 0 fully saturated rings. The summed E-state index contributed by atoms with van der Waals surface area (Å²) in [6, 6.07) is 2.44. The molecular weight excluding hydrogens is 150 g/mol. The first-order valence-corrected chi connectivity index (χ1v) is 4.53. The van der Waals surface area contributed by atoms with Gasteiger partial charge in [-0.05, 0) is 20.3 Å². The van der Waals surface area contributed by atoms with Gasteiger partial charge in [-0.1, -0.05) is 6.92 Å². The molecule has 0 saturated carbocycles. The van der Waals surface area contributed by atoms with Crippen molar-refractivity contribution in [3.63, 3.8) is 0 Å². The van der Waals surface area contributed by atoms with E-state index in [2.05, 4.69) is 31.2 Å². The second-order valence-corrected chi connectivity index (χ2v) is 3.18. The van der Waals surface area contributed by atoms with Gasteiger partial charge < -0.3 is 5.32 Å². The lowest BCUT2D eigenvalue weighted by Gasteiger charge is -2.11.